The number of carbonyl (C=O) groups excluding carboxylic acids is 3. The standard InChI is InChI=1S/C25H32N4O7S/c1-14(30)21(26)24(34)27-18(11-16-7-9-17(31)10-8-16)22(32)29-20(13-37)23(33)28-19(25(35)36)12-15-5-3-2-4-6-15/h2-10,14,18-21,30-31,37H,11-13,26H2,1H3,(H,27,34)(H,28,33)(H,29,32)(H,35,36). The van der Waals surface area contributed by atoms with Gasteiger partial charge in [-0.3, -0.25) is 14.4 Å². The highest BCUT2D eigenvalue weighted by Gasteiger charge is 2.30. The number of carbonyl (C=O) groups is 4. The quantitative estimate of drug-likeness (QED) is 0.156. The van der Waals surface area contributed by atoms with Crippen LogP contribution in [0.2, 0.25) is 0 Å². The highest BCUT2D eigenvalue weighted by Crippen LogP contribution is 2.12. The molecule has 5 unspecified atom stereocenters. The highest BCUT2D eigenvalue weighted by atomic mass is 32.1. The van der Waals surface area contributed by atoms with Gasteiger partial charge in [-0.05, 0) is 30.2 Å². The van der Waals surface area contributed by atoms with Crippen LogP contribution >= 0.6 is 12.6 Å². The van der Waals surface area contributed by atoms with Gasteiger partial charge < -0.3 is 37.0 Å². The summed E-state index contributed by atoms with van der Waals surface area (Å²) in [5.74, 6) is -3.67. The first kappa shape index (κ1) is 29.6. The van der Waals surface area contributed by atoms with E-state index in [1.807, 2.05) is 0 Å². The monoisotopic (exact) mass is 532 g/mol. The second-order valence-corrected chi connectivity index (χ2v) is 8.90. The average molecular weight is 533 g/mol. The summed E-state index contributed by atoms with van der Waals surface area (Å²) in [7, 11) is 0. The number of carboxylic acid groups (broad SMARTS) is 1. The minimum absolute atomic E-state index is 0.0141. The van der Waals surface area contributed by atoms with Crippen LogP contribution in [-0.2, 0) is 32.0 Å². The van der Waals surface area contributed by atoms with Crippen LogP contribution in [0.25, 0.3) is 0 Å². The number of benzene rings is 2. The molecule has 12 heteroatoms. The topological polar surface area (TPSA) is 191 Å². The van der Waals surface area contributed by atoms with E-state index in [0.717, 1.165) is 0 Å². The van der Waals surface area contributed by atoms with Crippen LogP contribution < -0.4 is 21.7 Å². The van der Waals surface area contributed by atoms with Gasteiger partial charge in [-0.15, -0.1) is 0 Å². The molecule has 0 aliphatic rings. The van der Waals surface area contributed by atoms with E-state index >= 15 is 0 Å². The third-order valence-electron chi connectivity index (χ3n) is 5.54. The number of phenols is 1. The van der Waals surface area contributed by atoms with Gasteiger partial charge in [-0.25, -0.2) is 4.79 Å². The van der Waals surface area contributed by atoms with Crippen molar-refractivity contribution >= 4 is 36.3 Å². The molecule has 37 heavy (non-hydrogen) atoms. The third-order valence-corrected chi connectivity index (χ3v) is 5.91. The van der Waals surface area contributed by atoms with Gasteiger partial charge in [-0.2, -0.15) is 12.6 Å². The van der Waals surface area contributed by atoms with Gasteiger partial charge in [0.1, 0.15) is 29.9 Å². The van der Waals surface area contributed by atoms with Crippen molar-refractivity contribution in [3.8, 4) is 5.75 Å². The van der Waals surface area contributed by atoms with Gasteiger partial charge in [0.05, 0.1) is 6.10 Å². The average Bonchev–Trinajstić information content (AvgIpc) is 2.87. The lowest BCUT2D eigenvalue weighted by molar-refractivity contribution is -0.142. The SMILES string of the molecule is CC(O)C(N)C(=O)NC(Cc1ccc(O)cc1)C(=O)NC(CS)C(=O)NC(Cc1ccccc1)C(=O)O. The van der Waals surface area contributed by atoms with Gasteiger partial charge in [0.15, 0.2) is 0 Å². The number of hydrogen-bond acceptors (Lipinski definition) is 8. The number of rotatable bonds is 13. The summed E-state index contributed by atoms with van der Waals surface area (Å²) in [6, 6.07) is 9.73. The summed E-state index contributed by atoms with van der Waals surface area (Å²) in [5.41, 5.74) is 6.97. The van der Waals surface area contributed by atoms with Crippen molar-refractivity contribution < 1.29 is 34.5 Å². The van der Waals surface area contributed by atoms with E-state index in [2.05, 4.69) is 28.6 Å². The summed E-state index contributed by atoms with van der Waals surface area (Å²) in [6.07, 6.45) is -1.16. The third kappa shape index (κ3) is 9.41. The summed E-state index contributed by atoms with van der Waals surface area (Å²) in [5, 5.41) is 36.1. The fourth-order valence-electron chi connectivity index (χ4n) is 3.35. The van der Waals surface area contributed by atoms with Gasteiger partial charge in [0, 0.05) is 18.6 Å². The second kappa shape index (κ2) is 14.2. The van der Waals surface area contributed by atoms with Crippen molar-refractivity contribution in [2.24, 2.45) is 5.73 Å². The van der Waals surface area contributed by atoms with E-state index in [1.54, 1.807) is 42.5 Å². The van der Waals surface area contributed by atoms with Gasteiger partial charge in [0.25, 0.3) is 0 Å². The fraction of sp³-hybridized carbons (Fsp3) is 0.360. The minimum Gasteiger partial charge on any atom is -0.508 e. The van der Waals surface area contributed by atoms with E-state index in [9.17, 15) is 34.5 Å². The molecule has 0 fully saturated rings. The van der Waals surface area contributed by atoms with E-state index in [4.69, 9.17) is 5.73 Å². The largest absolute Gasteiger partial charge is 0.508 e. The number of carboxylic acids is 1. The molecule has 0 aliphatic carbocycles. The van der Waals surface area contributed by atoms with Crippen LogP contribution in [0.1, 0.15) is 18.1 Å². The van der Waals surface area contributed by atoms with E-state index in [1.165, 1.54) is 19.1 Å². The number of phenolic OH excluding ortho intramolecular Hbond substituents is 1. The molecular weight excluding hydrogens is 500 g/mol. The van der Waals surface area contributed by atoms with Crippen LogP contribution in [0.5, 0.6) is 5.75 Å². The van der Waals surface area contributed by atoms with Crippen LogP contribution in [-0.4, -0.2) is 75.0 Å². The van der Waals surface area contributed by atoms with Crippen LogP contribution in [0.3, 0.4) is 0 Å². The molecule has 2 aromatic carbocycles. The Morgan fingerprint density at radius 1 is 0.811 bits per heavy atom. The highest BCUT2D eigenvalue weighted by molar-refractivity contribution is 7.80. The molecule has 0 heterocycles. The lowest BCUT2D eigenvalue weighted by atomic mass is 10.0. The Hall–Kier alpha value is -3.61. The molecule has 2 aromatic rings. The summed E-state index contributed by atoms with van der Waals surface area (Å²) in [4.78, 5) is 50.1. The van der Waals surface area contributed by atoms with Crippen LogP contribution in [0.15, 0.2) is 54.6 Å². The van der Waals surface area contributed by atoms with E-state index in [-0.39, 0.29) is 24.3 Å². The smallest absolute Gasteiger partial charge is 0.326 e. The molecule has 0 saturated carbocycles. The second-order valence-electron chi connectivity index (χ2n) is 8.53. The Morgan fingerprint density at radius 2 is 1.30 bits per heavy atom. The molecule has 0 aliphatic heterocycles. The molecule has 0 saturated heterocycles. The number of nitrogens with two attached hydrogens (primary N) is 1. The molecule has 0 spiro atoms. The Kier molecular flexibility index (Phi) is 11.4. The first-order chi connectivity index (χ1) is 17.5. The van der Waals surface area contributed by atoms with Gasteiger partial charge >= 0.3 is 5.97 Å². The first-order valence-electron chi connectivity index (χ1n) is 11.5. The van der Waals surface area contributed by atoms with Crippen molar-refractivity contribution in [2.75, 3.05) is 5.75 Å². The number of aliphatic carboxylic acids is 1. The van der Waals surface area contributed by atoms with Crippen molar-refractivity contribution in [1.29, 1.82) is 0 Å². The molecule has 0 bridgehead atoms. The van der Waals surface area contributed by atoms with Crippen LogP contribution in [0.4, 0.5) is 0 Å². The fourth-order valence-corrected chi connectivity index (χ4v) is 3.61. The maximum atomic E-state index is 13.1. The predicted octanol–water partition coefficient (Wildman–Crippen LogP) is -0.646. The van der Waals surface area contributed by atoms with Crippen molar-refractivity contribution in [3.63, 3.8) is 0 Å². The lowest BCUT2D eigenvalue weighted by Crippen LogP contribution is -2.59. The molecular formula is C25H32N4O7S. The zero-order chi connectivity index (χ0) is 27.5. The normalized spacial score (nSPS) is 14.9. The summed E-state index contributed by atoms with van der Waals surface area (Å²) < 4.78 is 0. The van der Waals surface area contributed by atoms with E-state index in [0.29, 0.717) is 11.1 Å². The molecule has 0 radical (unpaired) electrons. The number of hydrogen-bond donors (Lipinski definition) is 8. The van der Waals surface area contributed by atoms with Crippen molar-refractivity contribution in [2.45, 2.75) is 50.0 Å². The summed E-state index contributed by atoms with van der Waals surface area (Å²) >= 11 is 4.12. The predicted molar refractivity (Wildman–Crippen MR) is 139 cm³/mol. The Bertz CT molecular complexity index is 1070. The number of amides is 3. The number of aliphatic hydroxyl groups is 1. The molecule has 5 atom stereocenters. The van der Waals surface area contributed by atoms with Gasteiger partial charge in [-0.1, -0.05) is 42.5 Å². The molecule has 0 aromatic heterocycles. The number of nitrogens with one attached hydrogen (secondary N) is 3. The van der Waals surface area contributed by atoms with Crippen LogP contribution in [0, 0.1) is 0 Å². The van der Waals surface area contributed by atoms with Crippen molar-refractivity contribution in [3.05, 3.63) is 65.7 Å². The van der Waals surface area contributed by atoms with Crippen molar-refractivity contribution in [1.82, 2.24) is 16.0 Å². The Balaban J connectivity index is 2.15. The lowest BCUT2D eigenvalue weighted by Gasteiger charge is -2.25. The first-order valence-corrected chi connectivity index (χ1v) is 12.1. The molecule has 200 valence electrons. The number of aromatic hydroxyl groups is 1. The number of aliphatic hydroxyl groups excluding tert-OH is 1. The molecule has 8 N–H and O–H groups in total. The minimum atomic E-state index is -1.30. The molecule has 3 amide bonds. The molecule has 2 rings (SSSR count). The zero-order valence-corrected chi connectivity index (χ0v) is 21.1. The maximum absolute atomic E-state index is 13.1. The molecule has 11 nitrogen and oxygen atoms in total. The Labute approximate surface area is 219 Å². The van der Waals surface area contributed by atoms with E-state index < -0.39 is 54.0 Å². The maximum Gasteiger partial charge on any atom is 0.326 e. The summed E-state index contributed by atoms with van der Waals surface area (Å²) in [6.45, 7) is 1.33. The zero-order valence-electron chi connectivity index (χ0n) is 20.2. The Morgan fingerprint density at radius 3 is 1.84 bits per heavy atom. The number of thiol groups is 1. The van der Waals surface area contributed by atoms with Gasteiger partial charge in [0.2, 0.25) is 17.7 Å².